The summed E-state index contributed by atoms with van der Waals surface area (Å²) in [6, 6.07) is 33.7. The van der Waals surface area contributed by atoms with Crippen molar-refractivity contribution in [3.63, 3.8) is 0 Å². The number of thiol groups is 2. The predicted molar refractivity (Wildman–Crippen MR) is 185 cm³/mol. The molecular weight excluding hydrogens is 649 g/mol. The van der Waals surface area contributed by atoms with Gasteiger partial charge < -0.3 is 0 Å². The summed E-state index contributed by atoms with van der Waals surface area (Å²) in [5.74, 6) is 0. The molecule has 40 heavy (non-hydrogen) atoms. The summed E-state index contributed by atoms with van der Waals surface area (Å²) < 4.78 is 9.47. The molecule has 0 radical (unpaired) electrons. The summed E-state index contributed by atoms with van der Waals surface area (Å²) in [4.78, 5) is 20.5. The molecule has 0 aliphatic carbocycles. The van der Waals surface area contributed by atoms with Gasteiger partial charge in [0.1, 0.15) is 17.4 Å². The van der Waals surface area contributed by atoms with E-state index in [2.05, 4.69) is 97.1 Å². The highest BCUT2D eigenvalue weighted by Crippen LogP contribution is 2.71. The Labute approximate surface area is 257 Å². The minimum absolute atomic E-state index is 0.841. The zero-order valence-electron chi connectivity index (χ0n) is 20.4. The third kappa shape index (κ3) is 4.84. The summed E-state index contributed by atoms with van der Waals surface area (Å²) in [5, 5.41) is 0. The van der Waals surface area contributed by atoms with E-state index in [1.165, 1.54) is 18.8 Å². The minimum Gasteiger partial charge on any atom is -0.230 e. The van der Waals surface area contributed by atoms with E-state index < -0.39 is 19.9 Å². The topological polar surface area (TPSA) is 51.6 Å². The van der Waals surface area contributed by atoms with Gasteiger partial charge >= 0.3 is 0 Å². The van der Waals surface area contributed by atoms with Gasteiger partial charge in [0.15, 0.2) is 0 Å². The van der Waals surface area contributed by atoms with Crippen LogP contribution in [0.1, 0.15) is 0 Å². The van der Waals surface area contributed by atoms with E-state index >= 15 is 0 Å². The quantitative estimate of drug-likeness (QED) is 0.130. The highest BCUT2D eigenvalue weighted by molar-refractivity contribution is 9.31. The Morgan fingerprint density at radius 2 is 0.625 bits per heavy atom. The molecule has 4 aromatic carbocycles. The van der Waals surface area contributed by atoms with E-state index in [1.54, 1.807) is 45.3 Å². The maximum absolute atomic E-state index is 5.11. The second-order valence-electron chi connectivity index (χ2n) is 8.59. The Balaban J connectivity index is 1.22. The molecule has 0 spiro atoms. The summed E-state index contributed by atoms with van der Waals surface area (Å²) in [7, 11) is 2.15. The standard InChI is InChI=1S/C28H18N4S8/c1-5-13-21-17(9-1)29-25(33-21)39(26-30-18-10-2-6-14-22(18)34-26)37-38-40(27-31-19-11-3-7-15-23(19)35-27)28-32-20-12-4-8-16-24(20)36-28/h1-16,39-40H. The molecule has 0 fully saturated rings. The molecule has 12 heteroatoms. The molecule has 0 aliphatic heterocycles. The molecule has 0 amide bonds. The zero-order valence-corrected chi connectivity index (χ0v) is 27.1. The number of benzene rings is 4. The van der Waals surface area contributed by atoms with Gasteiger partial charge in [0.25, 0.3) is 0 Å². The van der Waals surface area contributed by atoms with Crippen LogP contribution in [0, 0.1) is 0 Å². The Morgan fingerprint density at radius 3 is 0.875 bits per heavy atom. The number of nitrogens with zero attached hydrogens (tertiary/aromatic N) is 4. The first-order valence-corrected chi connectivity index (χ1v) is 21.5. The second kappa shape index (κ2) is 10.9. The van der Waals surface area contributed by atoms with Crippen molar-refractivity contribution < 1.29 is 0 Å². The van der Waals surface area contributed by atoms with Gasteiger partial charge in [-0.15, -0.1) is 45.3 Å². The van der Waals surface area contributed by atoms with Crippen molar-refractivity contribution in [1.82, 2.24) is 19.9 Å². The lowest BCUT2D eigenvalue weighted by molar-refractivity contribution is 1.26. The highest BCUT2D eigenvalue weighted by atomic mass is 33.7. The number of fused-ring (bicyclic) bond motifs is 4. The first kappa shape index (κ1) is 25.5. The maximum atomic E-state index is 5.11. The van der Waals surface area contributed by atoms with Gasteiger partial charge in [0.05, 0.1) is 40.9 Å². The van der Waals surface area contributed by atoms with Crippen LogP contribution in [0.4, 0.5) is 0 Å². The van der Waals surface area contributed by atoms with Crippen molar-refractivity contribution >= 4 is 126 Å². The number of thiazole rings is 4. The molecule has 4 nitrogen and oxygen atoms in total. The number of para-hydroxylation sites is 4. The van der Waals surface area contributed by atoms with Crippen LogP contribution >= 0.6 is 84.9 Å². The fourth-order valence-electron chi connectivity index (χ4n) is 4.15. The van der Waals surface area contributed by atoms with E-state index in [9.17, 15) is 0 Å². The monoisotopic (exact) mass is 666 g/mol. The van der Waals surface area contributed by atoms with Crippen molar-refractivity contribution in [3.8, 4) is 0 Å². The average Bonchev–Trinajstić information content (AvgIpc) is 3.78. The van der Waals surface area contributed by atoms with E-state index in [0.29, 0.717) is 0 Å². The Bertz CT molecular complexity index is 1690. The van der Waals surface area contributed by atoms with Crippen molar-refractivity contribution in [2.75, 3.05) is 0 Å². The molecule has 8 rings (SSSR count). The maximum Gasteiger partial charge on any atom is 0.147 e. The Kier molecular flexibility index (Phi) is 6.97. The SMILES string of the molecule is c1ccc2sc([SH](SS[SH](c3nc4ccccc4s3)c3nc4ccccc4s3)c3nc4ccccc4s3)nc2c1. The van der Waals surface area contributed by atoms with Crippen LogP contribution in [-0.2, 0) is 0 Å². The van der Waals surface area contributed by atoms with Gasteiger partial charge in [0, 0.05) is 0 Å². The number of hydrogen-bond donors (Lipinski definition) is 2. The largest absolute Gasteiger partial charge is 0.230 e. The third-order valence-electron chi connectivity index (χ3n) is 6.01. The lowest BCUT2D eigenvalue weighted by Crippen LogP contribution is -1.82. The van der Waals surface area contributed by atoms with Gasteiger partial charge in [-0.25, -0.2) is 19.9 Å². The lowest BCUT2D eigenvalue weighted by Gasteiger charge is -2.19. The molecule has 0 bridgehead atoms. The fourth-order valence-corrected chi connectivity index (χ4v) is 25.7. The van der Waals surface area contributed by atoms with E-state index in [0.717, 1.165) is 39.4 Å². The first-order valence-electron chi connectivity index (χ1n) is 12.2. The summed E-state index contributed by atoms with van der Waals surface area (Å²) in [6.45, 7) is 0. The second-order valence-corrected chi connectivity index (χ2v) is 22.9. The van der Waals surface area contributed by atoms with Gasteiger partial charge in [0.2, 0.25) is 0 Å². The first-order chi connectivity index (χ1) is 19.8. The predicted octanol–water partition coefficient (Wildman–Crippen LogP) is 10.9. The molecule has 198 valence electrons. The van der Waals surface area contributed by atoms with E-state index in [4.69, 9.17) is 19.9 Å². The Hall–Kier alpha value is -2.16. The van der Waals surface area contributed by atoms with Crippen LogP contribution in [0.2, 0.25) is 0 Å². The Morgan fingerprint density at radius 1 is 0.375 bits per heavy atom. The van der Waals surface area contributed by atoms with Gasteiger partial charge in [-0.1, -0.05) is 68.4 Å². The lowest BCUT2D eigenvalue weighted by atomic mass is 10.3. The van der Waals surface area contributed by atoms with E-state index in [-0.39, 0.29) is 0 Å². The summed E-state index contributed by atoms with van der Waals surface area (Å²) in [5.41, 5.74) is 4.23. The van der Waals surface area contributed by atoms with Crippen LogP contribution in [-0.4, -0.2) is 19.9 Å². The molecule has 0 N–H and O–H groups in total. The summed E-state index contributed by atoms with van der Waals surface area (Å²) >= 11 is 7.17. The van der Waals surface area contributed by atoms with Crippen molar-refractivity contribution in [2.24, 2.45) is 0 Å². The zero-order chi connectivity index (χ0) is 26.5. The number of rotatable bonds is 7. The van der Waals surface area contributed by atoms with Crippen molar-refractivity contribution in [1.29, 1.82) is 0 Å². The van der Waals surface area contributed by atoms with Crippen molar-refractivity contribution in [2.45, 2.75) is 17.4 Å². The smallest absolute Gasteiger partial charge is 0.147 e. The molecule has 0 unspecified atom stereocenters. The third-order valence-corrected chi connectivity index (χ3v) is 24.4. The fraction of sp³-hybridized carbons (Fsp3) is 0. The van der Waals surface area contributed by atoms with Crippen LogP contribution in [0.5, 0.6) is 0 Å². The van der Waals surface area contributed by atoms with Crippen molar-refractivity contribution in [3.05, 3.63) is 97.1 Å². The van der Waals surface area contributed by atoms with Crippen LogP contribution < -0.4 is 0 Å². The number of aromatic nitrogens is 4. The molecule has 0 saturated heterocycles. The molecule has 0 atom stereocenters. The highest BCUT2D eigenvalue weighted by Gasteiger charge is 2.25. The number of hydrogen-bond acceptors (Lipinski definition) is 10. The molecule has 0 aliphatic rings. The van der Waals surface area contributed by atoms with E-state index in [1.807, 2.05) is 19.7 Å². The molecule has 4 aromatic heterocycles. The van der Waals surface area contributed by atoms with Gasteiger partial charge in [-0.3, -0.25) is 0 Å². The minimum atomic E-state index is -0.841. The van der Waals surface area contributed by atoms with Crippen LogP contribution in [0.3, 0.4) is 0 Å². The van der Waals surface area contributed by atoms with Gasteiger partial charge in [-0.2, -0.15) is 0 Å². The van der Waals surface area contributed by atoms with Crippen LogP contribution in [0.25, 0.3) is 40.9 Å². The average molecular weight is 667 g/mol. The van der Waals surface area contributed by atoms with Crippen LogP contribution in [0.15, 0.2) is 114 Å². The molecule has 8 aromatic rings. The molecule has 0 saturated carbocycles. The molecule has 4 heterocycles. The normalized spacial score (nSPS) is 12.6. The van der Waals surface area contributed by atoms with Gasteiger partial charge in [-0.05, 0) is 68.2 Å². The molecular formula is C28H18N4S8. The summed E-state index contributed by atoms with van der Waals surface area (Å²) in [6.07, 6.45) is 0.